The minimum atomic E-state index is -4.76. The highest BCUT2D eigenvalue weighted by atomic mass is 19.4. The van der Waals surface area contributed by atoms with Crippen LogP contribution in [0.3, 0.4) is 0 Å². The monoisotopic (exact) mass is 591 g/mol. The van der Waals surface area contributed by atoms with E-state index in [4.69, 9.17) is 23.7 Å². The van der Waals surface area contributed by atoms with E-state index in [2.05, 4.69) is 20.0 Å². The molecule has 13 heteroatoms. The minimum absolute atomic E-state index is 0.314. The van der Waals surface area contributed by atoms with Gasteiger partial charge in [-0.1, -0.05) is 19.1 Å². The number of alkyl halides is 3. The smallest absolute Gasteiger partial charge is 0.416 e. The number of carbonyl (C=O) groups excluding carboxylic acids is 1. The third kappa shape index (κ3) is 7.94. The third-order valence-electron chi connectivity index (χ3n) is 6.47. The predicted octanol–water partition coefficient (Wildman–Crippen LogP) is 5.83. The van der Waals surface area contributed by atoms with Crippen LogP contribution >= 0.6 is 0 Å². The summed E-state index contributed by atoms with van der Waals surface area (Å²) in [6.45, 7) is 4.29. The summed E-state index contributed by atoms with van der Waals surface area (Å²) in [6.07, 6.45) is -4.57. The van der Waals surface area contributed by atoms with Crippen LogP contribution in [0.2, 0.25) is 0 Å². The van der Waals surface area contributed by atoms with E-state index in [0.717, 1.165) is 6.42 Å². The number of ether oxygens (including phenoxy) is 6. The first kappa shape index (κ1) is 31.2. The summed E-state index contributed by atoms with van der Waals surface area (Å²) < 4.78 is 69.5. The highest BCUT2D eigenvalue weighted by Crippen LogP contribution is 2.29. The summed E-state index contributed by atoms with van der Waals surface area (Å²) in [4.78, 5) is 21.4. The second-order valence-corrected chi connectivity index (χ2v) is 9.42. The molecule has 226 valence electrons. The largest absolute Gasteiger partial charge is 0.573 e. The van der Waals surface area contributed by atoms with Crippen molar-refractivity contribution in [2.24, 2.45) is 0 Å². The summed E-state index contributed by atoms with van der Waals surface area (Å²) in [6, 6.07) is 12.2. The van der Waals surface area contributed by atoms with Gasteiger partial charge in [-0.25, -0.2) is 14.8 Å². The number of anilines is 1. The number of methoxy groups -OCH3 is 2. The molecule has 0 spiro atoms. The Kier molecular flexibility index (Phi) is 10.3. The lowest BCUT2D eigenvalue weighted by Gasteiger charge is -2.43. The Morgan fingerprint density at radius 1 is 0.905 bits per heavy atom. The molecule has 1 N–H and O–H groups in total. The molecular formula is C29H32F3N3O7. The molecule has 0 unspecified atom stereocenters. The summed E-state index contributed by atoms with van der Waals surface area (Å²) >= 11 is 0. The summed E-state index contributed by atoms with van der Waals surface area (Å²) in [5.41, 5.74) is 2.39. The van der Waals surface area contributed by atoms with Gasteiger partial charge < -0.3 is 28.4 Å². The second kappa shape index (κ2) is 13.9. The molecular weight excluding hydrogens is 559 g/mol. The Morgan fingerprint density at radius 2 is 1.52 bits per heavy atom. The molecule has 3 aromatic rings. The van der Waals surface area contributed by atoms with Crippen LogP contribution in [0.25, 0.3) is 22.5 Å². The molecule has 1 saturated heterocycles. The third-order valence-corrected chi connectivity index (χ3v) is 6.47. The number of benzene rings is 2. The molecule has 1 aliphatic rings. The number of rotatable bonds is 10. The zero-order valence-corrected chi connectivity index (χ0v) is 23.5. The lowest BCUT2D eigenvalue weighted by Crippen LogP contribution is -2.60. The van der Waals surface area contributed by atoms with Crippen molar-refractivity contribution in [1.29, 1.82) is 0 Å². The van der Waals surface area contributed by atoms with Crippen molar-refractivity contribution in [2.75, 3.05) is 26.1 Å². The molecule has 0 saturated carbocycles. The maximum atomic E-state index is 12.7. The van der Waals surface area contributed by atoms with Crippen molar-refractivity contribution >= 4 is 11.8 Å². The topological polar surface area (TPSA) is 110 Å². The van der Waals surface area contributed by atoms with E-state index >= 15 is 0 Å². The van der Waals surface area contributed by atoms with E-state index in [1.165, 1.54) is 31.4 Å². The van der Waals surface area contributed by atoms with Gasteiger partial charge in [-0.15, -0.1) is 13.2 Å². The molecule has 0 aliphatic carbocycles. The maximum Gasteiger partial charge on any atom is 0.573 e. The van der Waals surface area contributed by atoms with Crippen LogP contribution in [0.4, 0.5) is 23.7 Å². The number of nitrogens with zero attached hydrogens (tertiary/aromatic N) is 2. The number of amides is 1. The average molecular weight is 592 g/mol. The normalized spacial score (nSPS) is 22.4. The van der Waals surface area contributed by atoms with Crippen LogP contribution in [-0.4, -0.2) is 74.0 Å². The van der Waals surface area contributed by atoms with Crippen LogP contribution in [0.15, 0.2) is 60.9 Å². The lowest BCUT2D eigenvalue weighted by atomic mass is 9.99. The number of hydrogen-bond acceptors (Lipinski definition) is 9. The van der Waals surface area contributed by atoms with Gasteiger partial charge in [0.1, 0.15) is 24.1 Å². The highest BCUT2D eigenvalue weighted by Gasteiger charge is 2.47. The fraction of sp³-hybridized carbons (Fsp3) is 0.414. The molecule has 1 aromatic heterocycles. The Balaban J connectivity index is 1.36. The average Bonchev–Trinajstić information content (AvgIpc) is 2.96. The Bertz CT molecular complexity index is 1290. The Morgan fingerprint density at radius 3 is 2.10 bits per heavy atom. The molecule has 10 nitrogen and oxygen atoms in total. The fourth-order valence-electron chi connectivity index (χ4n) is 4.52. The van der Waals surface area contributed by atoms with E-state index in [1.807, 2.05) is 13.8 Å². The molecule has 2 heterocycles. The minimum Gasteiger partial charge on any atom is -0.416 e. The molecule has 1 aliphatic heterocycles. The standard InChI is InChI=1S/C29H32F3N3O7/c1-5-14-39-24-23(37-3)17(2)40-27(25(24)38-4)41-28(36)35-21-10-6-19(7-11-21)26-33-15-20(16-34-26)18-8-12-22(13-9-18)42-29(30,31)32/h6-13,15-17,23-25,27H,5,14H2,1-4H3,(H,35,36)/t17-,23-,24+,25+,27-/m0/s1. The van der Waals surface area contributed by atoms with Crippen molar-refractivity contribution in [3.05, 3.63) is 60.9 Å². The van der Waals surface area contributed by atoms with E-state index in [1.54, 1.807) is 43.8 Å². The Labute approximate surface area is 241 Å². The number of aromatic nitrogens is 2. The van der Waals surface area contributed by atoms with Crippen LogP contribution in [0, 0.1) is 0 Å². The second-order valence-electron chi connectivity index (χ2n) is 9.42. The fourth-order valence-corrected chi connectivity index (χ4v) is 4.52. The SMILES string of the molecule is CCCO[C@@H]1[C@@H](OC)[C@H](C)O[C@@H](OC(=O)Nc2ccc(-c3ncc(-c4ccc(OC(F)(F)F)cc4)cn3)cc2)[C@@H]1OC. The van der Waals surface area contributed by atoms with Gasteiger partial charge in [-0.05, 0) is 55.3 Å². The van der Waals surface area contributed by atoms with Crippen molar-refractivity contribution in [3.8, 4) is 28.3 Å². The molecule has 5 atom stereocenters. The lowest BCUT2D eigenvalue weighted by molar-refractivity contribution is -0.292. The van der Waals surface area contributed by atoms with Crippen molar-refractivity contribution in [2.45, 2.75) is 57.3 Å². The quantitative estimate of drug-likeness (QED) is 0.312. The van der Waals surface area contributed by atoms with E-state index in [9.17, 15) is 18.0 Å². The van der Waals surface area contributed by atoms with Gasteiger partial charge in [0, 0.05) is 50.0 Å². The molecule has 0 radical (unpaired) electrons. The first-order chi connectivity index (χ1) is 20.1. The maximum absolute atomic E-state index is 12.7. The van der Waals surface area contributed by atoms with Gasteiger partial charge in [-0.2, -0.15) is 0 Å². The van der Waals surface area contributed by atoms with Gasteiger partial charge in [-0.3, -0.25) is 5.32 Å². The summed E-state index contributed by atoms with van der Waals surface area (Å²) in [5.74, 6) is 0.105. The first-order valence-corrected chi connectivity index (χ1v) is 13.2. The molecule has 1 fully saturated rings. The highest BCUT2D eigenvalue weighted by molar-refractivity contribution is 5.85. The van der Waals surface area contributed by atoms with E-state index in [-0.39, 0.29) is 5.75 Å². The zero-order valence-electron chi connectivity index (χ0n) is 23.5. The van der Waals surface area contributed by atoms with Crippen LogP contribution in [-0.2, 0) is 23.7 Å². The summed E-state index contributed by atoms with van der Waals surface area (Å²) in [5, 5.41) is 2.67. The van der Waals surface area contributed by atoms with Gasteiger partial charge in [0.15, 0.2) is 5.82 Å². The zero-order chi connectivity index (χ0) is 30.3. The first-order valence-electron chi connectivity index (χ1n) is 13.2. The molecule has 42 heavy (non-hydrogen) atoms. The van der Waals surface area contributed by atoms with Crippen LogP contribution in [0.5, 0.6) is 5.75 Å². The van der Waals surface area contributed by atoms with Crippen LogP contribution in [0.1, 0.15) is 20.3 Å². The number of halogens is 3. The van der Waals surface area contributed by atoms with Crippen molar-refractivity contribution in [1.82, 2.24) is 9.97 Å². The van der Waals surface area contributed by atoms with Gasteiger partial charge >= 0.3 is 12.5 Å². The van der Waals surface area contributed by atoms with Crippen molar-refractivity contribution < 1.29 is 46.4 Å². The van der Waals surface area contributed by atoms with Gasteiger partial charge in [0.25, 0.3) is 0 Å². The van der Waals surface area contributed by atoms with E-state index < -0.39 is 43.2 Å². The summed E-state index contributed by atoms with van der Waals surface area (Å²) in [7, 11) is 3.05. The molecule has 1 amide bonds. The number of carbonyl (C=O) groups is 1. The number of hydrogen-bond donors (Lipinski definition) is 1. The van der Waals surface area contributed by atoms with Crippen molar-refractivity contribution in [3.63, 3.8) is 0 Å². The van der Waals surface area contributed by atoms with Crippen LogP contribution < -0.4 is 10.1 Å². The van der Waals surface area contributed by atoms with Gasteiger partial charge in [0.2, 0.25) is 6.29 Å². The molecule has 2 aromatic carbocycles. The molecule has 4 rings (SSSR count). The van der Waals surface area contributed by atoms with E-state index in [0.29, 0.717) is 34.8 Å². The Hall–Kier alpha value is -3.78. The predicted molar refractivity (Wildman–Crippen MR) is 146 cm³/mol. The van der Waals surface area contributed by atoms with Gasteiger partial charge in [0.05, 0.1) is 6.10 Å². The molecule has 0 bridgehead atoms. The number of nitrogens with one attached hydrogen (secondary N) is 1.